The summed E-state index contributed by atoms with van der Waals surface area (Å²) in [4.78, 5) is 14.6. The maximum absolute atomic E-state index is 12.5. The monoisotopic (exact) mass is 372 g/mol. The average molecular weight is 373 g/mol. The highest BCUT2D eigenvalue weighted by Crippen LogP contribution is 2.27. The predicted molar refractivity (Wildman–Crippen MR) is 95.3 cm³/mol. The largest absolute Gasteiger partial charge is 0.464 e. The molecule has 1 atom stereocenters. The number of thioether (sulfide) groups is 1. The van der Waals surface area contributed by atoms with E-state index >= 15 is 0 Å². The third-order valence-electron chi connectivity index (χ3n) is 3.81. The number of likely N-dealkylation sites (tertiary alicyclic amines) is 1. The summed E-state index contributed by atoms with van der Waals surface area (Å²) in [6.07, 6.45) is 1.84. The Morgan fingerprint density at radius 1 is 1.33 bits per heavy atom. The summed E-state index contributed by atoms with van der Waals surface area (Å²) in [5, 5.41) is -0.697. The van der Waals surface area contributed by atoms with Crippen LogP contribution in [0.2, 0.25) is 0 Å². The van der Waals surface area contributed by atoms with Crippen LogP contribution >= 0.6 is 11.8 Å². The van der Waals surface area contributed by atoms with Gasteiger partial charge in [0.1, 0.15) is 0 Å². The highest BCUT2D eigenvalue weighted by molar-refractivity contribution is 8.02. The van der Waals surface area contributed by atoms with Crippen LogP contribution < -0.4 is 4.72 Å². The fraction of sp³-hybridized carbons (Fsp3) is 0.562. The lowest BCUT2D eigenvalue weighted by Crippen LogP contribution is -2.42. The van der Waals surface area contributed by atoms with Gasteiger partial charge in [-0.1, -0.05) is 18.2 Å². The van der Waals surface area contributed by atoms with Crippen molar-refractivity contribution in [1.82, 2.24) is 9.62 Å². The smallest absolute Gasteiger partial charge is 0.334 e. The first-order valence-corrected chi connectivity index (χ1v) is 10.4. The van der Waals surface area contributed by atoms with E-state index < -0.39 is 21.4 Å². The molecule has 0 bridgehead atoms. The normalized spacial score (nSPS) is 18.2. The minimum atomic E-state index is -3.77. The molecule has 0 aromatic heterocycles. The lowest BCUT2D eigenvalue weighted by Gasteiger charge is -2.30. The van der Waals surface area contributed by atoms with Crippen LogP contribution in [0.15, 0.2) is 35.2 Å². The van der Waals surface area contributed by atoms with Crippen molar-refractivity contribution in [2.75, 3.05) is 26.7 Å². The number of sulfonamides is 1. The van der Waals surface area contributed by atoms with Gasteiger partial charge in [-0.2, -0.15) is 4.72 Å². The number of hydrogen-bond donors (Lipinski definition) is 1. The number of ether oxygens (including phenoxy) is 1. The molecule has 6 nitrogen and oxygen atoms in total. The number of hydrogen-bond acceptors (Lipinski definition) is 6. The van der Waals surface area contributed by atoms with Gasteiger partial charge in [-0.15, -0.1) is 11.8 Å². The van der Waals surface area contributed by atoms with Gasteiger partial charge >= 0.3 is 5.97 Å². The number of nitrogens with one attached hydrogen (secondary N) is 1. The molecule has 1 aromatic rings. The van der Waals surface area contributed by atoms with Gasteiger partial charge in [-0.3, -0.25) is 0 Å². The van der Waals surface area contributed by atoms with E-state index in [1.807, 2.05) is 0 Å². The summed E-state index contributed by atoms with van der Waals surface area (Å²) in [5.74, 6) is -0.541. The summed E-state index contributed by atoms with van der Waals surface area (Å²) >= 11 is 1.35. The fourth-order valence-corrected chi connectivity index (χ4v) is 5.15. The van der Waals surface area contributed by atoms with Gasteiger partial charge < -0.3 is 9.64 Å². The second-order valence-corrected chi connectivity index (χ2v) is 8.83. The van der Waals surface area contributed by atoms with Crippen LogP contribution in [-0.2, 0) is 19.6 Å². The van der Waals surface area contributed by atoms with Crippen LogP contribution in [0.4, 0.5) is 0 Å². The van der Waals surface area contributed by atoms with Gasteiger partial charge in [0, 0.05) is 5.25 Å². The third-order valence-corrected chi connectivity index (χ3v) is 6.84. The SMILES string of the molecule is CCOC(=O)C(NS(=O)(=O)c1ccccc1)SC1CCN(C)CC1. The van der Waals surface area contributed by atoms with Crippen molar-refractivity contribution < 1.29 is 17.9 Å². The molecule has 1 unspecified atom stereocenters. The van der Waals surface area contributed by atoms with Gasteiger partial charge in [0.2, 0.25) is 10.0 Å². The Morgan fingerprint density at radius 3 is 2.54 bits per heavy atom. The van der Waals surface area contributed by atoms with Gasteiger partial charge in [0.05, 0.1) is 11.5 Å². The molecule has 0 saturated carbocycles. The van der Waals surface area contributed by atoms with Crippen molar-refractivity contribution in [3.05, 3.63) is 30.3 Å². The molecule has 1 N–H and O–H groups in total. The van der Waals surface area contributed by atoms with E-state index in [1.165, 1.54) is 23.9 Å². The maximum Gasteiger partial charge on any atom is 0.334 e. The highest BCUT2D eigenvalue weighted by Gasteiger charge is 2.31. The Labute approximate surface area is 148 Å². The number of carbonyl (C=O) groups is 1. The van der Waals surface area contributed by atoms with E-state index in [4.69, 9.17) is 4.74 Å². The van der Waals surface area contributed by atoms with Gasteiger partial charge in [-0.05, 0) is 52.0 Å². The van der Waals surface area contributed by atoms with Crippen LogP contribution in [0.25, 0.3) is 0 Å². The summed E-state index contributed by atoms with van der Waals surface area (Å²) in [7, 11) is -1.71. The molecule has 1 aromatic carbocycles. The lowest BCUT2D eigenvalue weighted by atomic mass is 10.1. The zero-order valence-electron chi connectivity index (χ0n) is 14.0. The molecular weight excluding hydrogens is 348 g/mol. The zero-order valence-corrected chi connectivity index (χ0v) is 15.6. The van der Waals surface area contributed by atoms with Crippen molar-refractivity contribution in [2.45, 2.75) is 35.3 Å². The average Bonchev–Trinajstić information content (AvgIpc) is 2.57. The second kappa shape index (κ2) is 8.84. The van der Waals surface area contributed by atoms with E-state index in [-0.39, 0.29) is 16.8 Å². The third kappa shape index (κ3) is 5.47. The summed E-state index contributed by atoms with van der Waals surface area (Å²) in [5.41, 5.74) is 0. The van der Waals surface area contributed by atoms with E-state index in [1.54, 1.807) is 25.1 Å². The first-order valence-electron chi connectivity index (χ1n) is 8.00. The Hall–Kier alpha value is -1.09. The molecule has 0 amide bonds. The van der Waals surface area contributed by atoms with Crippen molar-refractivity contribution in [1.29, 1.82) is 0 Å². The summed E-state index contributed by atoms with van der Waals surface area (Å²) in [6, 6.07) is 8.06. The van der Waals surface area contributed by atoms with Gasteiger partial charge in [0.25, 0.3) is 0 Å². The zero-order chi connectivity index (χ0) is 17.6. The summed E-state index contributed by atoms with van der Waals surface area (Å²) < 4.78 is 32.6. The Kier molecular flexibility index (Phi) is 7.09. The van der Waals surface area contributed by atoms with Crippen molar-refractivity contribution in [2.24, 2.45) is 0 Å². The molecular formula is C16H24N2O4S2. The molecule has 0 spiro atoms. The number of rotatable bonds is 7. The van der Waals surface area contributed by atoms with E-state index in [9.17, 15) is 13.2 Å². The van der Waals surface area contributed by atoms with Crippen LogP contribution in [0, 0.1) is 0 Å². The Morgan fingerprint density at radius 2 is 1.96 bits per heavy atom. The molecule has 134 valence electrons. The minimum absolute atomic E-state index is 0.142. The number of benzene rings is 1. The van der Waals surface area contributed by atoms with Crippen LogP contribution in [0.5, 0.6) is 0 Å². The van der Waals surface area contributed by atoms with Crippen molar-refractivity contribution in [3.63, 3.8) is 0 Å². The Balaban J connectivity index is 2.10. The standard InChI is InChI=1S/C16H24N2O4S2/c1-3-22-16(19)15(23-13-9-11-18(2)12-10-13)17-24(20,21)14-7-5-4-6-8-14/h4-8,13,15,17H,3,9-12H2,1-2H3. The molecule has 1 aliphatic heterocycles. The molecule has 1 fully saturated rings. The lowest BCUT2D eigenvalue weighted by molar-refractivity contribution is -0.142. The van der Waals surface area contributed by atoms with Crippen LogP contribution in [0.1, 0.15) is 19.8 Å². The Bertz CT molecular complexity index is 629. The first kappa shape index (κ1) is 19.2. The van der Waals surface area contributed by atoms with Crippen molar-refractivity contribution >= 4 is 27.8 Å². The minimum Gasteiger partial charge on any atom is -0.464 e. The molecule has 0 aliphatic carbocycles. The number of piperidine rings is 1. The highest BCUT2D eigenvalue weighted by atomic mass is 32.2. The number of carbonyl (C=O) groups excluding carboxylic acids is 1. The topological polar surface area (TPSA) is 75.7 Å². The predicted octanol–water partition coefficient (Wildman–Crippen LogP) is 1.68. The van der Waals surface area contributed by atoms with Crippen LogP contribution in [0.3, 0.4) is 0 Å². The fourth-order valence-electron chi connectivity index (χ4n) is 2.47. The number of nitrogens with zero attached hydrogens (tertiary/aromatic N) is 1. The maximum atomic E-state index is 12.5. The van der Waals surface area contributed by atoms with E-state index in [0.717, 1.165) is 25.9 Å². The molecule has 1 saturated heterocycles. The van der Waals surface area contributed by atoms with Crippen LogP contribution in [-0.4, -0.2) is 56.7 Å². The van der Waals surface area contributed by atoms with E-state index in [0.29, 0.717) is 0 Å². The first-order chi connectivity index (χ1) is 11.4. The molecule has 8 heteroatoms. The molecule has 0 radical (unpaired) electrons. The van der Waals surface area contributed by atoms with Gasteiger partial charge in [-0.25, -0.2) is 13.2 Å². The van der Waals surface area contributed by atoms with E-state index in [2.05, 4.69) is 16.7 Å². The number of esters is 1. The summed E-state index contributed by atoms with van der Waals surface area (Å²) in [6.45, 7) is 3.81. The molecule has 24 heavy (non-hydrogen) atoms. The second-order valence-electron chi connectivity index (χ2n) is 5.71. The molecule has 2 rings (SSSR count). The molecule has 1 aliphatic rings. The molecule has 1 heterocycles. The quantitative estimate of drug-likeness (QED) is 0.580. The van der Waals surface area contributed by atoms with Gasteiger partial charge in [0.15, 0.2) is 5.37 Å². The van der Waals surface area contributed by atoms with Crippen molar-refractivity contribution in [3.8, 4) is 0 Å².